The predicted octanol–water partition coefficient (Wildman–Crippen LogP) is 2.50. The first-order valence-corrected chi connectivity index (χ1v) is 6.31. The number of rotatable bonds is 1. The Morgan fingerprint density at radius 1 is 1.17 bits per heavy atom. The van der Waals surface area contributed by atoms with Gasteiger partial charge in [-0.3, -0.25) is 0 Å². The van der Waals surface area contributed by atoms with Crippen molar-refractivity contribution in [2.24, 2.45) is 0 Å². The van der Waals surface area contributed by atoms with Crippen LogP contribution in [0.4, 0.5) is 0 Å². The van der Waals surface area contributed by atoms with Gasteiger partial charge in [0, 0.05) is 0 Å². The summed E-state index contributed by atoms with van der Waals surface area (Å²) in [6.45, 7) is 9.76. The van der Waals surface area contributed by atoms with Gasteiger partial charge in [0.25, 0.3) is 0 Å². The first-order chi connectivity index (χ1) is 5.08. The molecule has 12 heavy (non-hydrogen) atoms. The highest BCUT2D eigenvalue weighted by Crippen LogP contribution is 2.30. The van der Waals surface area contributed by atoms with Crippen LogP contribution in [0.2, 0.25) is 7.59 Å². The molecule has 1 fully saturated rings. The van der Waals surface area contributed by atoms with E-state index in [4.69, 9.17) is 0 Å². The third kappa shape index (κ3) is 5.63. The van der Waals surface area contributed by atoms with Crippen molar-refractivity contribution in [3.8, 4) is 0 Å². The Morgan fingerprint density at radius 3 is 2.08 bits per heavy atom. The summed E-state index contributed by atoms with van der Waals surface area (Å²) in [4.78, 5) is 0. The van der Waals surface area contributed by atoms with Crippen molar-refractivity contribution in [3.63, 3.8) is 0 Å². The zero-order valence-corrected chi connectivity index (χ0v) is 10.8. The van der Waals surface area contributed by atoms with Gasteiger partial charge >= 0.3 is 20.4 Å². The van der Waals surface area contributed by atoms with E-state index in [-0.39, 0.29) is 32.8 Å². The van der Waals surface area contributed by atoms with E-state index in [1.54, 1.807) is 0 Å². The molecule has 0 atom stereocenters. The molecule has 1 nitrogen and oxygen atoms in total. The van der Waals surface area contributed by atoms with E-state index < -0.39 is 0 Å². The molecule has 3 heteroatoms. The highest BCUT2D eigenvalue weighted by Gasteiger charge is 2.23. The summed E-state index contributed by atoms with van der Waals surface area (Å²) < 4.78 is 1.79. The Kier molecular flexibility index (Phi) is 6.17. The number of nitrogens with one attached hydrogen (secondary N) is 1. The SMILES string of the molecule is C[C](C)(C)[Mg][CH]1CCNCC1.Cl. The van der Waals surface area contributed by atoms with Crippen molar-refractivity contribution >= 4 is 32.8 Å². The Morgan fingerprint density at radius 2 is 1.67 bits per heavy atom. The molecule has 0 aromatic carbocycles. The molecule has 1 heterocycles. The molecule has 0 radical (unpaired) electrons. The summed E-state index contributed by atoms with van der Waals surface area (Å²) in [5, 5.41) is 3.42. The van der Waals surface area contributed by atoms with Crippen LogP contribution in [0.5, 0.6) is 0 Å². The Hall–Kier alpha value is 1.02. The van der Waals surface area contributed by atoms with Gasteiger partial charge < -0.3 is 5.32 Å². The van der Waals surface area contributed by atoms with Crippen LogP contribution in [0.25, 0.3) is 0 Å². The minimum atomic E-state index is 0. The predicted molar refractivity (Wildman–Crippen MR) is 58.6 cm³/mol. The highest BCUT2D eigenvalue weighted by atomic mass is 35.5. The summed E-state index contributed by atoms with van der Waals surface area (Å²) >= 11 is 0.164. The third-order valence-corrected chi connectivity index (χ3v) is 4.98. The number of hydrogen-bond acceptors (Lipinski definition) is 1. The molecule has 1 N–H and O–H groups in total. The maximum Gasteiger partial charge on any atom is 0.377 e. The molecular weight excluding hydrogens is 182 g/mol. The molecular formula is C9H20ClMgN. The van der Waals surface area contributed by atoms with Crippen LogP contribution in [0.1, 0.15) is 33.6 Å². The fraction of sp³-hybridized carbons (Fsp3) is 1.00. The fourth-order valence-corrected chi connectivity index (χ4v) is 4.50. The molecule has 0 spiro atoms. The molecule has 1 aliphatic rings. The van der Waals surface area contributed by atoms with E-state index in [2.05, 4.69) is 26.1 Å². The summed E-state index contributed by atoms with van der Waals surface area (Å²) in [6, 6.07) is 0. The van der Waals surface area contributed by atoms with Gasteiger partial charge in [-0.15, -0.1) is 20.0 Å². The van der Waals surface area contributed by atoms with E-state index in [9.17, 15) is 0 Å². The Bertz CT molecular complexity index is 116. The van der Waals surface area contributed by atoms with Gasteiger partial charge in [0.1, 0.15) is 0 Å². The zero-order chi connectivity index (χ0) is 8.32. The van der Waals surface area contributed by atoms with Gasteiger partial charge in [-0.2, -0.15) is 0 Å². The molecule has 1 aliphatic heterocycles. The second-order valence-electron chi connectivity index (χ2n) is 4.96. The molecule has 0 saturated carbocycles. The average Bonchev–Trinajstić information content (AvgIpc) is 1.85. The monoisotopic (exact) mass is 201 g/mol. The van der Waals surface area contributed by atoms with Crippen molar-refractivity contribution in [1.82, 2.24) is 5.32 Å². The van der Waals surface area contributed by atoms with Crippen LogP contribution in [-0.2, 0) is 0 Å². The molecule has 0 aromatic heterocycles. The number of hydrogen-bond donors (Lipinski definition) is 1. The van der Waals surface area contributed by atoms with Gasteiger partial charge in [-0.1, -0.05) is 33.6 Å². The van der Waals surface area contributed by atoms with Gasteiger partial charge in [0.15, 0.2) is 0 Å². The van der Waals surface area contributed by atoms with Crippen LogP contribution in [-0.4, -0.2) is 33.5 Å². The fourth-order valence-electron chi connectivity index (χ4n) is 1.95. The van der Waals surface area contributed by atoms with Crippen molar-refractivity contribution in [3.05, 3.63) is 0 Å². The minimum absolute atomic E-state index is 0. The van der Waals surface area contributed by atoms with E-state index in [0.717, 1.165) is 4.05 Å². The van der Waals surface area contributed by atoms with E-state index in [1.807, 2.05) is 0 Å². The smallest absolute Gasteiger partial charge is 0.317 e. The second kappa shape index (κ2) is 5.68. The number of halogens is 1. The minimum Gasteiger partial charge on any atom is -0.317 e. The molecule has 1 saturated heterocycles. The number of piperidine rings is 1. The first kappa shape index (κ1) is 13.0. The largest absolute Gasteiger partial charge is 0.377 e. The van der Waals surface area contributed by atoms with Crippen molar-refractivity contribution in [2.45, 2.75) is 41.2 Å². The van der Waals surface area contributed by atoms with Crippen molar-refractivity contribution in [1.29, 1.82) is 0 Å². The maximum absolute atomic E-state index is 3.42. The summed E-state index contributed by atoms with van der Waals surface area (Å²) in [5.74, 6) is 0. The summed E-state index contributed by atoms with van der Waals surface area (Å²) in [6.07, 6.45) is 2.90. The first-order valence-electron chi connectivity index (χ1n) is 4.79. The Labute approximate surface area is 92.2 Å². The highest BCUT2D eigenvalue weighted by molar-refractivity contribution is 6.41. The van der Waals surface area contributed by atoms with Crippen LogP contribution >= 0.6 is 12.4 Å². The van der Waals surface area contributed by atoms with Crippen molar-refractivity contribution < 1.29 is 0 Å². The molecule has 0 aliphatic carbocycles. The lowest BCUT2D eigenvalue weighted by molar-refractivity contribution is 0.508. The van der Waals surface area contributed by atoms with E-state index >= 15 is 0 Å². The Balaban J connectivity index is 0.00000121. The lowest BCUT2D eigenvalue weighted by atomic mass is 10.1. The molecule has 1 rings (SSSR count). The molecule has 0 unspecified atom stereocenters. The van der Waals surface area contributed by atoms with Crippen LogP contribution in [0.15, 0.2) is 0 Å². The summed E-state index contributed by atoms with van der Waals surface area (Å²) in [7, 11) is 0. The lowest BCUT2D eigenvalue weighted by Gasteiger charge is -2.28. The van der Waals surface area contributed by atoms with Crippen LogP contribution in [0, 0.1) is 0 Å². The quantitative estimate of drug-likeness (QED) is 0.644. The van der Waals surface area contributed by atoms with Gasteiger partial charge in [0.05, 0.1) is 0 Å². The zero-order valence-electron chi connectivity index (χ0n) is 8.52. The van der Waals surface area contributed by atoms with Crippen LogP contribution in [0.3, 0.4) is 0 Å². The van der Waals surface area contributed by atoms with Gasteiger partial charge in [0.2, 0.25) is 0 Å². The molecule has 0 bridgehead atoms. The maximum atomic E-state index is 3.42. The van der Waals surface area contributed by atoms with Gasteiger partial charge in [-0.05, 0) is 13.1 Å². The van der Waals surface area contributed by atoms with Gasteiger partial charge in [-0.25, -0.2) is 0 Å². The van der Waals surface area contributed by atoms with E-state index in [0.29, 0.717) is 3.54 Å². The molecule has 0 amide bonds. The second-order valence-corrected chi connectivity index (χ2v) is 8.64. The molecule has 70 valence electrons. The molecule has 0 aromatic rings. The van der Waals surface area contributed by atoms with E-state index in [1.165, 1.54) is 25.9 Å². The normalized spacial score (nSPS) is 19.6. The third-order valence-electron chi connectivity index (χ3n) is 2.36. The topological polar surface area (TPSA) is 12.0 Å². The lowest BCUT2D eigenvalue weighted by Crippen LogP contribution is -2.29. The van der Waals surface area contributed by atoms with Crippen molar-refractivity contribution in [2.75, 3.05) is 13.1 Å². The van der Waals surface area contributed by atoms with Crippen LogP contribution < -0.4 is 5.32 Å². The summed E-state index contributed by atoms with van der Waals surface area (Å²) in [5.41, 5.74) is 0. The average molecular weight is 202 g/mol. The standard InChI is InChI=1S/C5H10N.C4H9.ClH.Mg/c1-2-4-6-5-3-1;1-4(2)3;;/h1,6H,2-5H2;1-3H3;1H;.